The fourth-order valence-electron chi connectivity index (χ4n) is 1.70. The maximum absolute atomic E-state index is 5.61. The highest BCUT2D eigenvalue weighted by Gasteiger charge is 2.06. The molecule has 0 saturated carbocycles. The van der Waals surface area contributed by atoms with Crippen LogP contribution >= 0.6 is 11.6 Å². The largest absolute Gasteiger partial charge is 0.425 e. The van der Waals surface area contributed by atoms with Gasteiger partial charge in [0.15, 0.2) is 0 Å². The smallest absolute Gasteiger partial charge is 0.217 e. The van der Waals surface area contributed by atoms with Crippen LogP contribution in [0.4, 0.5) is 0 Å². The Morgan fingerprint density at radius 1 is 1.06 bits per heavy atom. The Labute approximate surface area is 106 Å². The predicted octanol–water partition coefficient (Wildman–Crippen LogP) is 2.94. The lowest BCUT2D eigenvalue weighted by Crippen LogP contribution is -1.94. The Morgan fingerprint density at radius 3 is 2.47 bits per heavy atom. The van der Waals surface area contributed by atoms with Gasteiger partial charge in [0.25, 0.3) is 0 Å². The highest BCUT2D eigenvalue weighted by atomic mass is 35.5. The van der Waals surface area contributed by atoms with E-state index in [0.717, 1.165) is 12.8 Å². The number of rotatable bonds is 5. The molecule has 4 heteroatoms. The van der Waals surface area contributed by atoms with E-state index in [-0.39, 0.29) is 0 Å². The minimum atomic E-state index is 0.513. The van der Waals surface area contributed by atoms with Gasteiger partial charge in [-0.25, -0.2) is 0 Å². The minimum Gasteiger partial charge on any atom is -0.425 e. The van der Waals surface area contributed by atoms with E-state index >= 15 is 0 Å². The summed E-state index contributed by atoms with van der Waals surface area (Å²) >= 11 is 5.61. The van der Waals surface area contributed by atoms with Crippen LogP contribution in [0.5, 0.6) is 0 Å². The van der Waals surface area contributed by atoms with E-state index in [0.29, 0.717) is 24.1 Å². The van der Waals surface area contributed by atoms with E-state index in [1.807, 2.05) is 6.07 Å². The Hall–Kier alpha value is -1.35. The van der Waals surface area contributed by atoms with Crippen LogP contribution in [-0.4, -0.2) is 16.1 Å². The van der Waals surface area contributed by atoms with Gasteiger partial charge in [-0.3, -0.25) is 0 Å². The molecule has 0 spiro atoms. The molecule has 0 radical (unpaired) electrons. The molecule has 17 heavy (non-hydrogen) atoms. The van der Waals surface area contributed by atoms with E-state index in [1.165, 1.54) is 11.1 Å². The minimum absolute atomic E-state index is 0.513. The molecule has 0 N–H and O–H groups in total. The number of aromatic nitrogens is 2. The Balaban J connectivity index is 1.95. The van der Waals surface area contributed by atoms with Crippen molar-refractivity contribution >= 4 is 11.6 Å². The first-order valence-corrected chi connectivity index (χ1v) is 6.25. The molecule has 2 aromatic rings. The number of alkyl halides is 1. The van der Waals surface area contributed by atoms with E-state index in [2.05, 4.69) is 35.3 Å². The van der Waals surface area contributed by atoms with Crippen molar-refractivity contribution in [2.75, 3.05) is 5.88 Å². The summed E-state index contributed by atoms with van der Waals surface area (Å²) in [6.07, 6.45) is 2.34. The average molecular weight is 251 g/mol. The third-order valence-corrected chi connectivity index (χ3v) is 2.88. The number of hydrogen-bond acceptors (Lipinski definition) is 3. The molecular formula is C13H15ClN2O. The van der Waals surface area contributed by atoms with E-state index in [4.69, 9.17) is 16.0 Å². The third-order valence-electron chi connectivity index (χ3n) is 2.69. The van der Waals surface area contributed by atoms with Crippen LogP contribution in [0.2, 0.25) is 0 Å². The monoisotopic (exact) mass is 250 g/mol. The van der Waals surface area contributed by atoms with Gasteiger partial charge in [-0.1, -0.05) is 24.3 Å². The highest BCUT2D eigenvalue weighted by Crippen LogP contribution is 2.11. The lowest BCUT2D eigenvalue weighted by Gasteiger charge is -2.02. The van der Waals surface area contributed by atoms with Crippen molar-refractivity contribution < 1.29 is 4.42 Å². The second-order valence-electron chi connectivity index (χ2n) is 3.96. The van der Waals surface area contributed by atoms with Crippen molar-refractivity contribution in [3.8, 4) is 0 Å². The van der Waals surface area contributed by atoms with Crippen molar-refractivity contribution in [2.24, 2.45) is 0 Å². The molecule has 0 unspecified atom stereocenters. The SMILES string of the molecule is Cc1ccccc1CCc1nnc(CCCl)o1. The van der Waals surface area contributed by atoms with Crippen molar-refractivity contribution in [2.45, 2.75) is 26.2 Å². The number of aryl methyl sites for hydroxylation is 4. The number of halogens is 1. The molecule has 0 aliphatic carbocycles. The Morgan fingerprint density at radius 2 is 1.76 bits per heavy atom. The second-order valence-corrected chi connectivity index (χ2v) is 4.33. The third kappa shape index (κ3) is 3.30. The summed E-state index contributed by atoms with van der Waals surface area (Å²) in [5.41, 5.74) is 2.62. The van der Waals surface area contributed by atoms with Crippen molar-refractivity contribution in [3.05, 3.63) is 47.2 Å². The standard InChI is InChI=1S/C13H15ClN2O/c1-10-4-2-3-5-11(10)6-7-12-15-16-13(17-12)8-9-14/h2-5H,6-9H2,1H3. The zero-order valence-corrected chi connectivity index (χ0v) is 10.6. The van der Waals surface area contributed by atoms with Crippen LogP contribution < -0.4 is 0 Å². The van der Waals surface area contributed by atoms with Crippen LogP contribution in [0.1, 0.15) is 22.9 Å². The van der Waals surface area contributed by atoms with Crippen LogP contribution in [0.15, 0.2) is 28.7 Å². The van der Waals surface area contributed by atoms with Crippen LogP contribution in [0.25, 0.3) is 0 Å². The van der Waals surface area contributed by atoms with Crippen molar-refractivity contribution in [1.29, 1.82) is 0 Å². The zero-order valence-electron chi connectivity index (χ0n) is 9.82. The fraction of sp³-hybridized carbons (Fsp3) is 0.385. The first kappa shape index (κ1) is 12.1. The van der Waals surface area contributed by atoms with Gasteiger partial charge in [0.1, 0.15) is 0 Å². The lowest BCUT2D eigenvalue weighted by molar-refractivity contribution is 0.453. The van der Waals surface area contributed by atoms with Gasteiger partial charge in [-0.15, -0.1) is 21.8 Å². The maximum Gasteiger partial charge on any atom is 0.217 e. The summed E-state index contributed by atoms with van der Waals surface area (Å²) in [4.78, 5) is 0. The van der Waals surface area contributed by atoms with E-state index in [9.17, 15) is 0 Å². The second kappa shape index (κ2) is 5.82. The number of hydrogen-bond donors (Lipinski definition) is 0. The summed E-state index contributed by atoms with van der Waals surface area (Å²) in [5, 5.41) is 7.94. The van der Waals surface area contributed by atoms with Crippen LogP contribution in [0, 0.1) is 6.92 Å². The average Bonchev–Trinajstić information content (AvgIpc) is 2.76. The zero-order chi connectivity index (χ0) is 12.1. The lowest BCUT2D eigenvalue weighted by atomic mass is 10.0. The molecule has 0 bridgehead atoms. The van der Waals surface area contributed by atoms with Crippen LogP contribution in [-0.2, 0) is 19.3 Å². The highest BCUT2D eigenvalue weighted by molar-refractivity contribution is 6.17. The molecular weight excluding hydrogens is 236 g/mol. The van der Waals surface area contributed by atoms with Gasteiger partial charge in [0.05, 0.1) is 0 Å². The molecule has 0 fully saturated rings. The summed E-state index contributed by atoms with van der Waals surface area (Å²) in [5.74, 6) is 1.83. The van der Waals surface area contributed by atoms with Gasteiger partial charge in [-0.2, -0.15) is 0 Å². The maximum atomic E-state index is 5.61. The van der Waals surface area contributed by atoms with Gasteiger partial charge in [-0.05, 0) is 24.5 Å². The fourth-order valence-corrected chi connectivity index (χ4v) is 1.87. The molecule has 0 aliphatic rings. The molecule has 0 aliphatic heterocycles. The molecule has 3 nitrogen and oxygen atoms in total. The Bertz CT molecular complexity index is 482. The molecule has 1 aromatic heterocycles. The summed E-state index contributed by atoms with van der Waals surface area (Å²) in [7, 11) is 0. The number of benzene rings is 1. The summed E-state index contributed by atoms with van der Waals surface area (Å²) in [6.45, 7) is 2.11. The van der Waals surface area contributed by atoms with Crippen molar-refractivity contribution in [3.63, 3.8) is 0 Å². The molecule has 2 rings (SSSR count). The summed E-state index contributed by atoms with van der Waals surface area (Å²) < 4.78 is 5.48. The Kier molecular flexibility index (Phi) is 4.15. The molecule has 1 heterocycles. The molecule has 1 aromatic carbocycles. The van der Waals surface area contributed by atoms with Gasteiger partial charge >= 0.3 is 0 Å². The molecule has 0 amide bonds. The first-order chi connectivity index (χ1) is 8.29. The van der Waals surface area contributed by atoms with E-state index < -0.39 is 0 Å². The number of nitrogens with zero attached hydrogens (tertiary/aromatic N) is 2. The quantitative estimate of drug-likeness (QED) is 0.766. The van der Waals surface area contributed by atoms with Gasteiger partial charge in [0.2, 0.25) is 11.8 Å². The topological polar surface area (TPSA) is 38.9 Å². The molecule has 90 valence electrons. The van der Waals surface area contributed by atoms with Gasteiger partial charge < -0.3 is 4.42 Å². The van der Waals surface area contributed by atoms with E-state index in [1.54, 1.807) is 0 Å². The van der Waals surface area contributed by atoms with Crippen molar-refractivity contribution in [1.82, 2.24) is 10.2 Å². The first-order valence-electron chi connectivity index (χ1n) is 5.71. The predicted molar refractivity (Wildman–Crippen MR) is 67.3 cm³/mol. The molecule has 0 saturated heterocycles. The van der Waals surface area contributed by atoms with Gasteiger partial charge in [0, 0.05) is 18.7 Å². The van der Waals surface area contributed by atoms with Crippen LogP contribution in [0.3, 0.4) is 0 Å². The normalized spacial score (nSPS) is 10.7. The molecule has 0 atom stereocenters. The summed E-state index contributed by atoms with van der Waals surface area (Å²) in [6, 6.07) is 8.34.